The minimum atomic E-state index is -0.201. The van der Waals surface area contributed by atoms with Gasteiger partial charge in [0.05, 0.1) is 27.2 Å². The number of carbonyl (C=O) groups excluding carboxylic acids is 1. The summed E-state index contributed by atoms with van der Waals surface area (Å²) in [5.74, 6) is 2.17. The SMILES string of the molecule is COc1ccc(-c2noc(N3CCC[C@H](C(=O)Nc4ccc(OC)c(OC)c4)C3)n2)cc1. The first-order valence-corrected chi connectivity index (χ1v) is 10.4. The van der Waals surface area contributed by atoms with Crippen molar-refractivity contribution in [3.63, 3.8) is 0 Å². The van der Waals surface area contributed by atoms with E-state index in [2.05, 4.69) is 15.5 Å². The maximum Gasteiger partial charge on any atom is 0.324 e. The van der Waals surface area contributed by atoms with Crippen LogP contribution in [-0.2, 0) is 4.79 Å². The van der Waals surface area contributed by atoms with Crippen LogP contribution in [0.4, 0.5) is 11.7 Å². The van der Waals surface area contributed by atoms with Crippen LogP contribution in [0.25, 0.3) is 11.4 Å². The number of piperidine rings is 1. The van der Waals surface area contributed by atoms with Crippen molar-refractivity contribution in [3.05, 3.63) is 42.5 Å². The van der Waals surface area contributed by atoms with Crippen molar-refractivity contribution in [3.8, 4) is 28.6 Å². The van der Waals surface area contributed by atoms with Crippen molar-refractivity contribution >= 4 is 17.6 Å². The molecule has 4 rings (SSSR count). The number of ether oxygens (including phenoxy) is 3. The van der Waals surface area contributed by atoms with Crippen LogP contribution >= 0.6 is 0 Å². The topological polar surface area (TPSA) is 99.0 Å². The summed E-state index contributed by atoms with van der Waals surface area (Å²) in [7, 11) is 4.76. The minimum Gasteiger partial charge on any atom is -0.497 e. The number of aromatic nitrogens is 2. The van der Waals surface area contributed by atoms with Gasteiger partial charge in [-0.15, -0.1) is 0 Å². The number of methoxy groups -OCH3 is 3. The zero-order valence-corrected chi connectivity index (χ0v) is 18.3. The molecule has 1 saturated heterocycles. The van der Waals surface area contributed by atoms with Gasteiger partial charge >= 0.3 is 6.01 Å². The van der Waals surface area contributed by atoms with E-state index in [1.807, 2.05) is 29.2 Å². The van der Waals surface area contributed by atoms with E-state index >= 15 is 0 Å². The van der Waals surface area contributed by atoms with Crippen LogP contribution in [0.15, 0.2) is 47.0 Å². The predicted molar refractivity (Wildman–Crippen MR) is 119 cm³/mol. The lowest BCUT2D eigenvalue weighted by atomic mass is 9.97. The monoisotopic (exact) mass is 438 g/mol. The summed E-state index contributed by atoms with van der Waals surface area (Å²) < 4.78 is 21.2. The Balaban J connectivity index is 1.42. The van der Waals surface area contributed by atoms with Gasteiger partial charge in [-0.2, -0.15) is 4.98 Å². The molecule has 1 amide bonds. The third kappa shape index (κ3) is 4.61. The Morgan fingerprint density at radius 1 is 1.06 bits per heavy atom. The molecule has 0 bridgehead atoms. The molecule has 168 valence electrons. The van der Waals surface area contributed by atoms with Gasteiger partial charge in [0.2, 0.25) is 11.7 Å². The van der Waals surface area contributed by atoms with Crippen molar-refractivity contribution in [2.24, 2.45) is 5.92 Å². The van der Waals surface area contributed by atoms with Crippen LogP contribution < -0.4 is 24.4 Å². The first-order valence-electron chi connectivity index (χ1n) is 10.4. The highest BCUT2D eigenvalue weighted by Crippen LogP contribution is 2.31. The maximum absolute atomic E-state index is 12.9. The molecule has 3 aromatic rings. The minimum absolute atomic E-state index is 0.0585. The first kappa shape index (κ1) is 21.5. The molecule has 2 aromatic carbocycles. The normalized spacial score (nSPS) is 15.8. The molecule has 9 heteroatoms. The van der Waals surface area contributed by atoms with E-state index in [0.29, 0.717) is 35.6 Å². The number of nitrogens with zero attached hydrogens (tertiary/aromatic N) is 3. The zero-order chi connectivity index (χ0) is 22.5. The third-order valence-electron chi connectivity index (χ3n) is 5.48. The maximum atomic E-state index is 12.9. The Labute approximate surface area is 186 Å². The number of amides is 1. The lowest BCUT2D eigenvalue weighted by molar-refractivity contribution is -0.120. The number of hydrogen-bond acceptors (Lipinski definition) is 8. The van der Waals surface area contributed by atoms with Crippen LogP contribution in [0, 0.1) is 5.92 Å². The van der Waals surface area contributed by atoms with Crippen molar-refractivity contribution in [1.82, 2.24) is 10.1 Å². The van der Waals surface area contributed by atoms with Crippen LogP contribution in [0.1, 0.15) is 12.8 Å². The molecular weight excluding hydrogens is 412 g/mol. The molecule has 1 atom stereocenters. The smallest absolute Gasteiger partial charge is 0.324 e. The van der Waals surface area contributed by atoms with E-state index in [1.165, 1.54) is 0 Å². The molecule has 0 saturated carbocycles. The van der Waals surface area contributed by atoms with Gasteiger partial charge in [-0.1, -0.05) is 5.16 Å². The zero-order valence-electron chi connectivity index (χ0n) is 18.3. The van der Waals surface area contributed by atoms with Crippen molar-refractivity contribution < 1.29 is 23.5 Å². The Bertz CT molecular complexity index is 1070. The summed E-state index contributed by atoms with van der Waals surface area (Å²) in [5, 5.41) is 7.07. The van der Waals surface area contributed by atoms with Crippen LogP contribution in [0.5, 0.6) is 17.2 Å². The number of benzene rings is 2. The van der Waals surface area contributed by atoms with Crippen molar-refractivity contribution in [2.75, 3.05) is 44.6 Å². The van der Waals surface area contributed by atoms with E-state index < -0.39 is 0 Å². The summed E-state index contributed by atoms with van der Waals surface area (Å²) >= 11 is 0. The van der Waals surface area contributed by atoms with Gasteiger partial charge in [0.1, 0.15) is 5.75 Å². The van der Waals surface area contributed by atoms with Gasteiger partial charge in [-0.3, -0.25) is 4.79 Å². The molecule has 2 heterocycles. The standard InChI is InChI=1S/C23H26N4O5/c1-29-18-9-6-15(7-10-18)21-25-23(32-26-21)27-12-4-5-16(14-27)22(28)24-17-8-11-19(30-2)20(13-17)31-3/h6-11,13,16H,4-5,12,14H2,1-3H3,(H,24,28)/t16-/m0/s1. The van der Waals surface area contributed by atoms with E-state index in [-0.39, 0.29) is 11.8 Å². The average molecular weight is 438 g/mol. The Hall–Kier alpha value is -3.75. The fourth-order valence-electron chi connectivity index (χ4n) is 3.72. The second-order valence-electron chi connectivity index (χ2n) is 7.47. The van der Waals surface area contributed by atoms with E-state index in [4.69, 9.17) is 18.7 Å². The van der Waals surface area contributed by atoms with Gasteiger partial charge in [0.25, 0.3) is 0 Å². The molecular formula is C23H26N4O5. The van der Waals surface area contributed by atoms with Gasteiger partial charge in [0.15, 0.2) is 11.5 Å². The molecule has 1 aliphatic rings. The van der Waals surface area contributed by atoms with E-state index in [0.717, 1.165) is 30.7 Å². The number of nitrogens with one attached hydrogen (secondary N) is 1. The highest BCUT2D eigenvalue weighted by Gasteiger charge is 2.29. The second-order valence-corrected chi connectivity index (χ2v) is 7.47. The van der Waals surface area contributed by atoms with Crippen LogP contribution in [0.3, 0.4) is 0 Å². The molecule has 9 nitrogen and oxygen atoms in total. The first-order chi connectivity index (χ1) is 15.6. The molecule has 1 aromatic heterocycles. The lowest BCUT2D eigenvalue weighted by Gasteiger charge is -2.30. The predicted octanol–water partition coefficient (Wildman–Crippen LogP) is 3.62. The highest BCUT2D eigenvalue weighted by atomic mass is 16.5. The number of hydrogen-bond donors (Lipinski definition) is 1. The van der Waals surface area contributed by atoms with Crippen LogP contribution in [0.2, 0.25) is 0 Å². The fraction of sp³-hybridized carbons (Fsp3) is 0.348. The highest BCUT2D eigenvalue weighted by molar-refractivity contribution is 5.93. The van der Waals surface area contributed by atoms with Crippen molar-refractivity contribution in [1.29, 1.82) is 0 Å². The summed E-state index contributed by atoms with van der Waals surface area (Å²) in [6, 6.07) is 13.2. The summed E-state index contributed by atoms with van der Waals surface area (Å²) in [6.07, 6.45) is 1.64. The van der Waals surface area contributed by atoms with Gasteiger partial charge in [-0.05, 0) is 49.2 Å². The fourth-order valence-corrected chi connectivity index (χ4v) is 3.72. The number of carbonyl (C=O) groups is 1. The van der Waals surface area contributed by atoms with E-state index in [1.54, 1.807) is 39.5 Å². The summed E-state index contributed by atoms with van der Waals surface area (Å²) in [6.45, 7) is 1.26. The number of anilines is 2. The molecule has 0 radical (unpaired) electrons. The Kier molecular flexibility index (Phi) is 6.44. The van der Waals surface area contributed by atoms with Gasteiger partial charge in [-0.25, -0.2) is 0 Å². The summed E-state index contributed by atoms with van der Waals surface area (Å²) in [5.41, 5.74) is 1.49. The van der Waals surface area contributed by atoms with E-state index in [9.17, 15) is 4.79 Å². The molecule has 0 unspecified atom stereocenters. The second kappa shape index (κ2) is 9.59. The average Bonchev–Trinajstić information content (AvgIpc) is 3.34. The lowest BCUT2D eigenvalue weighted by Crippen LogP contribution is -2.41. The largest absolute Gasteiger partial charge is 0.497 e. The van der Waals surface area contributed by atoms with Gasteiger partial charge in [0, 0.05) is 30.4 Å². The molecule has 0 aliphatic carbocycles. The molecule has 1 N–H and O–H groups in total. The van der Waals surface area contributed by atoms with Crippen molar-refractivity contribution in [2.45, 2.75) is 12.8 Å². The molecule has 0 spiro atoms. The third-order valence-corrected chi connectivity index (χ3v) is 5.48. The van der Waals surface area contributed by atoms with Crippen LogP contribution in [-0.4, -0.2) is 50.5 Å². The molecule has 1 aliphatic heterocycles. The quantitative estimate of drug-likeness (QED) is 0.597. The van der Waals surface area contributed by atoms with Gasteiger partial charge < -0.3 is 29.0 Å². The number of rotatable bonds is 7. The Morgan fingerprint density at radius 3 is 2.56 bits per heavy atom. The Morgan fingerprint density at radius 2 is 1.84 bits per heavy atom. The molecule has 32 heavy (non-hydrogen) atoms. The summed E-state index contributed by atoms with van der Waals surface area (Å²) in [4.78, 5) is 19.4. The molecule has 1 fully saturated rings.